The highest BCUT2D eigenvalue weighted by Crippen LogP contribution is 2.07. The third-order valence-electron chi connectivity index (χ3n) is 2.72. The van der Waals surface area contributed by atoms with Gasteiger partial charge in [0.25, 0.3) is 0 Å². The van der Waals surface area contributed by atoms with E-state index in [9.17, 15) is 9.59 Å². The van der Waals surface area contributed by atoms with E-state index in [-0.39, 0.29) is 0 Å². The molecule has 0 saturated carbocycles. The number of carbonyl (C=O) groups excluding carboxylic acids is 2. The Hall–Kier alpha value is -1.34. The van der Waals surface area contributed by atoms with E-state index in [1.165, 1.54) is 7.11 Å². The van der Waals surface area contributed by atoms with Gasteiger partial charge in [0.05, 0.1) is 20.3 Å². The van der Waals surface area contributed by atoms with Crippen molar-refractivity contribution in [3.63, 3.8) is 0 Å². The van der Waals surface area contributed by atoms with Crippen molar-refractivity contribution in [1.29, 1.82) is 0 Å². The Kier molecular flexibility index (Phi) is 6.22. The fourth-order valence-electron chi connectivity index (χ4n) is 1.81. The molecule has 7 heteroatoms. The summed E-state index contributed by atoms with van der Waals surface area (Å²) in [6, 6.07) is -0.743. The number of amides is 1. The van der Waals surface area contributed by atoms with Crippen molar-refractivity contribution >= 4 is 12.1 Å². The summed E-state index contributed by atoms with van der Waals surface area (Å²) >= 11 is 0. The van der Waals surface area contributed by atoms with Crippen LogP contribution in [0.2, 0.25) is 0 Å². The Labute approximate surface area is 119 Å². The number of hydrogen-bond acceptors (Lipinski definition) is 6. The van der Waals surface area contributed by atoms with Crippen LogP contribution < -0.4 is 5.32 Å². The number of rotatable bonds is 4. The topological polar surface area (TPSA) is 77.1 Å². The Morgan fingerprint density at radius 2 is 1.90 bits per heavy atom. The van der Waals surface area contributed by atoms with Gasteiger partial charge in [0.15, 0.2) is 0 Å². The van der Waals surface area contributed by atoms with Crippen molar-refractivity contribution in [3.8, 4) is 0 Å². The second-order valence-electron chi connectivity index (χ2n) is 5.63. The molecule has 0 unspecified atom stereocenters. The molecule has 1 N–H and O–H groups in total. The number of nitrogens with one attached hydrogen (secondary N) is 1. The van der Waals surface area contributed by atoms with E-state index < -0.39 is 23.7 Å². The number of hydrogen-bond donors (Lipinski definition) is 1. The van der Waals surface area contributed by atoms with Gasteiger partial charge in [0.1, 0.15) is 11.6 Å². The zero-order chi connectivity index (χ0) is 15.2. The van der Waals surface area contributed by atoms with Crippen LogP contribution in [0.25, 0.3) is 0 Å². The molecule has 1 heterocycles. The van der Waals surface area contributed by atoms with E-state index in [0.29, 0.717) is 19.8 Å². The molecule has 1 atom stereocenters. The van der Waals surface area contributed by atoms with Crippen molar-refractivity contribution in [1.82, 2.24) is 10.2 Å². The first-order chi connectivity index (χ1) is 9.31. The van der Waals surface area contributed by atoms with Gasteiger partial charge in [-0.1, -0.05) is 0 Å². The molecule has 1 aliphatic rings. The number of alkyl carbamates (subject to hydrolysis) is 1. The smallest absolute Gasteiger partial charge is 0.408 e. The van der Waals surface area contributed by atoms with Gasteiger partial charge in [-0.15, -0.1) is 0 Å². The molecule has 0 bridgehead atoms. The van der Waals surface area contributed by atoms with E-state index in [1.54, 1.807) is 20.8 Å². The van der Waals surface area contributed by atoms with Crippen molar-refractivity contribution in [2.75, 3.05) is 40.0 Å². The molecule has 0 aromatic heterocycles. The molecule has 0 spiro atoms. The summed E-state index contributed by atoms with van der Waals surface area (Å²) in [5, 5.41) is 2.55. The molecule has 7 nitrogen and oxygen atoms in total. The van der Waals surface area contributed by atoms with E-state index >= 15 is 0 Å². The standard InChI is InChI=1S/C13H24N2O5/c1-13(2,3)20-12(17)14-10(11(16)18-4)9-15-5-7-19-8-6-15/h10H,5-9H2,1-4H3,(H,14,17)/t10-/m1/s1. The third-order valence-corrected chi connectivity index (χ3v) is 2.72. The Morgan fingerprint density at radius 1 is 1.30 bits per heavy atom. The fraction of sp³-hybridized carbons (Fsp3) is 0.846. The monoisotopic (exact) mass is 288 g/mol. The zero-order valence-electron chi connectivity index (χ0n) is 12.6. The molecule has 0 aliphatic carbocycles. The van der Waals surface area contributed by atoms with Gasteiger partial charge in [-0.25, -0.2) is 9.59 Å². The van der Waals surface area contributed by atoms with Crippen LogP contribution in [0.1, 0.15) is 20.8 Å². The van der Waals surface area contributed by atoms with E-state index in [4.69, 9.17) is 14.2 Å². The highest BCUT2D eigenvalue weighted by atomic mass is 16.6. The average Bonchev–Trinajstić information content (AvgIpc) is 2.36. The van der Waals surface area contributed by atoms with Crippen LogP contribution in [0.5, 0.6) is 0 Å². The Morgan fingerprint density at radius 3 is 2.40 bits per heavy atom. The first kappa shape index (κ1) is 16.7. The maximum Gasteiger partial charge on any atom is 0.408 e. The Bertz CT molecular complexity index is 334. The number of carbonyl (C=O) groups is 2. The van der Waals surface area contributed by atoms with E-state index in [1.807, 2.05) is 4.90 Å². The lowest BCUT2D eigenvalue weighted by atomic mass is 10.2. The molecule has 1 saturated heterocycles. The van der Waals surface area contributed by atoms with Gasteiger partial charge >= 0.3 is 12.1 Å². The lowest BCUT2D eigenvalue weighted by molar-refractivity contribution is -0.144. The number of esters is 1. The second-order valence-corrected chi connectivity index (χ2v) is 5.63. The molecule has 1 aliphatic heterocycles. The van der Waals surface area contributed by atoms with Gasteiger partial charge in [0, 0.05) is 19.6 Å². The minimum atomic E-state index is -0.743. The first-order valence-electron chi connectivity index (χ1n) is 6.69. The molecular weight excluding hydrogens is 264 g/mol. The summed E-state index contributed by atoms with van der Waals surface area (Å²) in [4.78, 5) is 25.5. The third kappa shape index (κ3) is 6.21. The minimum Gasteiger partial charge on any atom is -0.467 e. The summed E-state index contributed by atoms with van der Waals surface area (Å²) in [7, 11) is 1.30. The van der Waals surface area contributed by atoms with Crippen molar-refractivity contribution in [3.05, 3.63) is 0 Å². The number of nitrogens with zero attached hydrogens (tertiary/aromatic N) is 1. The van der Waals surface area contributed by atoms with Crippen LogP contribution in [-0.2, 0) is 19.0 Å². The maximum atomic E-state index is 11.7. The van der Waals surface area contributed by atoms with Crippen molar-refractivity contribution in [2.24, 2.45) is 0 Å². The fourth-order valence-corrected chi connectivity index (χ4v) is 1.81. The summed E-state index contributed by atoms with van der Waals surface area (Å²) in [6.45, 7) is 8.38. The van der Waals surface area contributed by atoms with E-state index in [2.05, 4.69) is 5.32 Å². The molecule has 1 fully saturated rings. The normalized spacial score (nSPS) is 18.2. The number of methoxy groups -OCH3 is 1. The summed E-state index contributed by atoms with van der Waals surface area (Å²) in [5.74, 6) is -0.484. The van der Waals surface area contributed by atoms with E-state index in [0.717, 1.165) is 13.1 Å². The number of morpholine rings is 1. The van der Waals surface area contributed by atoms with Crippen LogP contribution in [0, 0.1) is 0 Å². The quantitative estimate of drug-likeness (QED) is 0.754. The molecule has 0 aromatic carbocycles. The lowest BCUT2D eigenvalue weighted by Gasteiger charge is -2.30. The highest BCUT2D eigenvalue weighted by molar-refractivity contribution is 5.81. The molecule has 1 amide bonds. The second kappa shape index (κ2) is 7.44. The predicted molar refractivity (Wildman–Crippen MR) is 72.4 cm³/mol. The van der Waals surface area contributed by atoms with Crippen molar-refractivity contribution in [2.45, 2.75) is 32.4 Å². The van der Waals surface area contributed by atoms with Crippen LogP contribution in [-0.4, -0.2) is 68.6 Å². The summed E-state index contributed by atoms with van der Waals surface area (Å²) in [6.07, 6.45) is -0.624. The lowest BCUT2D eigenvalue weighted by Crippen LogP contribution is -2.52. The highest BCUT2D eigenvalue weighted by Gasteiger charge is 2.27. The maximum absolute atomic E-state index is 11.7. The van der Waals surface area contributed by atoms with Crippen molar-refractivity contribution < 1.29 is 23.8 Å². The molecular formula is C13H24N2O5. The Balaban J connectivity index is 2.55. The van der Waals surface area contributed by atoms with Crippen LogP contribution in [0.3, 0.4) is 0 Å². The van der Waals surface area contributed by atoms with Crippen LogP contribution in [0.15, 0.2) is 0 Å². The van der Waals surface area contributed by atoms with Gasteiger partial charge in [-0.05, 0) is 20.8 Å². The molecule has 20 heavy (non-hydrogen) atoms. The average molecular weight is 288 g/mol. The zero-order valence-corrected chi connectivity index (χ0v) is 12.6. The largest absolute Gasteiger partial charge is 0.467 e. The van der Waals surface area contributed by atoms with Gasteiger partial charge in [0.2, 0.25) is 0 Å². The SMILES string of the molecule is COC(=O)[C@@H](CN1CCOCC1)NC(=O)OC(C)(C)C. The predicted octanol–water partition coefficient (Wildman–Crippen LogP) is 0.385. The van der Waals surface area contributed by atoms with Crippen LogP contribution in [0.4, 0.5) is 4.79 Å². The van der Waals surface area contributed by atoms with Gasteiger partial charge in [-0.2, -0.15) is 0 Å². The number of ether oxygens (including phenoxy) is 3. The van der Waals surface area contributed by atoms with Crippen LogP contribution >= 0.6 is 0 Å². The molecule has 116 valence electrons. The van der Waals surface area contributed by atoms with Gasteiger partial charge < -0.3 is 19.5 Å². The van der Waals surface area contributed by atoms with Gasteiger partial charge in [-0.3, -0.25) is 4.90 Å². The molecule has 1 rings (SSSR count). The summed E-state index contributed by atoms with van der Waals surface area (Å²) < 4.78 is 15.1. The minimum absolute atomic E-state index is 0.384. The first-order valence-corrected chi connectivity index (χ1v) is 6.69. The molecule has 0 radical (unpaired) electrons. The molecule has 0 aromatic rings. The summed E-state index contributed by atoms with van der Waals surface area (Å²) in [5.41, 5.74) is -0.607.